The first-order valence-corrected chi connectivity index (χ1v) is 11.8. The molecule has 0 bridgehead atoms. The van der Waals surface area contributed by atoms with Crippen molar-refractivity contribution < 1.29 is 23.5 Å². The molecule has 178 valence electrons. The number of imide groups is 1. The lowest BCUT2D eigenvalue weighted by Crippen LogP contribution is -2.27. The number of halogens is 2. The van der Waals surface area contributed by atoms with Gasteiger partial charge in [0.05, 0.1) is 11.4 Å². The van der Waals surface area contributed by atoms with Crippen molar-refractivity contribution in [2.24, 2.45) is 0 Å². The van der Waals surface area contributed by atoms with Crippen LogP contribution in [0.5, 0.6) is 5.75 Å². The molecular weight excluding hydrogens is 491 g/mol. The zero-order valence-corrected chi connectivity index (χ0v) is 20.2. The van der Waals surface area contributed by atoms with Crippen molar-refractivity contribution in [1.29, 1.82) is 0 Å². The monoisotopic (exact) mass is 510 g/mol. The van der Waals surface area contributed by atoms with E-state index in [0.717, 1.165) is 28.3 Å². The zero-order valence-electron chi connectivity index (χ0n) is 18.6. The third-order valence-corrected chi connectivity index (χ3v) is 6.34. The minimum absolute atomic E-state index is 0.0552. The average Bonchev–Trinajstić information content (AvgIpc) is 3.08. The number of hydrogen-bond donors (Lipinski definition) is 1. The SMILES string of the molecule is Cc1ccc(NC(=O)COc2cccc(/C=C3\SC(=O)N(Cc4ccc(F)cc4Cl)C3=O)c2)cc1. The second kappa shape index (κ2) is 10.8. The summed E-state index contributed by atoms with van der Waals surface area (Å²) < 4.78 is 18.9. The topological polar surface area (TPSA) is 75.7 Å². The number of hydrogen-bond acceptors (Lipinski definition) is 5. The van der Waals surface area contributed by atoms with Gasteiger partial charge in [0.25, 0.3) is 17.1 Å². The van der Waals surface area contributed by atoms with Crippen molar-refractivity contribution >= 4 is 52.2 Å². The van der Waals surface area contributed by atoms with Crippen molar-refractivity contribution in [3.8, 4) is 5.75 Å². The van der Waals surface area contributed by atoms with E-state index in [-0.39, 0.29) is 29.0 Å². The number of rotatable bonds is 7. The standard InChI is InChI=1S/C26H20ClFN2O4S/c1-16-5-9-20(10-6-16)29-24(31)15-34-21-4-2-3-17(11-21)12-23-25(32)30(26(33)35-23)14-18-7-8-19(28)13-22(18)27/h2-13H,14-15H2,1H3,(H,29,31)/b23-12-. The fourth-order valence-electron chi connectivity index (χ4n) is 3.28. The lowest BCUT2D eigenvalue weighted by molar-refractivity contribution is -0.123. The number of aryl methyl sites for hydroxylation is 1. The maximum atomic E-state index is 13.3. The van der Waals surface area contributed by atoms with E-state index in [1.807, 2.05) is 31.2 Å². The van der Waals surface area contributed by atoms with Crippen LogP contribution in [-0.4, -0.2) is 28.6 Å². The number of carbonyl (C=O) groups excluding carboxylic acids is 3. The van der Waals surface area contributed by atoms with Crippen LogP contribution in [0.1, 0.15) is 16.7 Å². The van der Waals surface area contributed by atoms with Crippen LogP contribution < -0.4 is 10.1 Å². The second-order valence-electron chi connectivity index (χ2n) is 7.78. The van der Waals surface area contributed by atoms with E-state index in [2.05, 4.69) is 5.32 Å². The van der Waals surface area contributed by atoms with Gasteiger partial charge >= 0.3 is 0 Å². The lowest BCUT2D eigenvalue weighted by Gasteiger charge is -2.13. The summed E-state index contributed by atoms with van der Waals surface area (Å²) in [4.78, 5) is 38.7. The largest absolute Gasteiger partial charge is 0.484 e. The first kappa shape index (κ1) is 24.5. The molecule has 1 heterocycles. The summed E-state index contributed by atoms with van der Waals surface area (Å²) >= 11 is 6.84. The van der Waals surface area contributed by atoms with E-state index in [4.69, 9.17) is 16.3 Å². The third kappa shape index (κ3) is 6.29. The molecule has 4 rings (SSSR count). The van der Waals surface area contributed by atoms with E-state index >= 15 is 0 Å². The van der Waals surface area contributed by atoms with E-state index in [0.29, 0.717) is 22.6 Å². The third-order valence-electron chi connectivity index (χ3n) is 5.08. The van der Waals surface area contributed by atoms with Crippen LogP contribution in [0.3, 0.4) is 0 Å². The van der Waals surface area contributed by atoms with Gasteiger partial charge in [-0.15, -0.1) is 0 Å². The molecule has 0 radical (unpaired) electrons. The molecule has 35 heavy (non-hydrogen) atoms. The number of carbonyl (C=O) groups is 3. The molecule has 0 unspecified atom stereocenters. The highest BCUT2D eigenvalue weighted by atomic mass is 35.5. The molecule has 0 atom stereocenters. The number of nitrogens with zero attached hydrogens (tertiary/aromatic N) is 1. The van der Waals surface area contributed by atoms with Crippen LogP contribution in [-0.2, 0) is 16.1 Å². The number of nitrogens with one attached hydrogen (secondary N) is 1. The van der Waals surface area contributed by atoms with Gasteiger partial charge in [0.15, 0.2) is 6.61 Å². The quantitative estimate of drug-likeness (QED) is 0.392. The molecule has 1 saturated heterocycles. The molecule has 3 amide bonds. The Balaban J connectivity index is 1.39. The van der Waals surface area contributed by atoms with E-state index in [1.165, 1.54) is 12.1 Å². The van der Waals surface area contributed by atoms with E-state index < -0.39 is 17.0 Å². The van der Waals surface area contributed by atoms with Gasteiger partial charge in [-0.1, -0.05) is 47.5 Å². The normalized spacial score (nSPS) is 14.5. The Hall–Kier alpha value is -3.62. The summed E-state index contributed by atoms with van der Waals surface area (Å²) in [6.07, 6.45) is 1.58. The molecule has 9 heteroatoms. The smallest absolute Gasteiger partial charge is 0.293 e. The highest BCUT2D eigenvalue weighted by Crippen LogP contribution is 2.34. The molecule has 0 saturated carbocycles. The van der Waals surface area contributed by atoms with Gasteiger partial charge in [0, 0.05) is 10.7 Å². The minimum Gasteiger partial charge on any atom is -0.484 e. The fourth-order valence-corrected chi connectivity index (χ4v) is 4.35. The van der Waals surface area contributed by atoms with Crippen LogP contribution in [0.25, 0.3) is 6.08 Å². The molecule has 3 aromatic rings. The van der Waals surface area contributed by atoms with Gasteiger partial charge in [0.1, 0.15) is 11.6 Å². The first-order chi connectivity index (χ1) is 16.8. The zero-order chi connectivity index (χ0) is 24.9. The number of amides is 3. The van der Waals surface area contributed by atoms with Gasteiger partial charge in [-0.3, -0.25) is 19.3 Å². The number of thioether (sulfide) groups is 1. The Morgan fingerprint density at radius 3 is 2.63 bits per heavy atom. The summed E-state index contributed by atoms with van der Waals surface area (Å²) in [5, 5.41) is 2.46. The summed E-state index contributed by atoms with van der Waals surface area (Å²) in [5.74, 6) is -0.832. The van der Waals surface area contributed by atoms with Crippen molar-refractivity contribution in [2.45, 2.75) is 13.5 Å². The summed E-state index contributed by atoms with van der Waals surface area (Å²) in [5.41, 5.74) is 2.87. The van der Waals surface area contributed by atoms with Crippen molar-refractivity contribution in [3.05, 3.63) is 99.2 Å². The molecule has 0 spiro atoms. The molecule has 0 aromatic heterocycles. The van der Waals surface area contributed by atoms with Crippen LogP contribution in [0.4, 0.5) is 14.9 Å². The molecule has 1 aliphatic heterocycles. The Bertz CT molecular complexity index is 1330. The molecular formula is C26H20ClFN2O4S. The molecule has 1 aliphatic rings. The predicted molar refractivity (Wildman–Crippen MR) is 135 cm³/mol. The Kier molecular flexibility index (Phi) is 7.53. The maximum absolute atomic E-state index is 13.3. The Morgan fingerprint density at radius 1 is 1.11 bits per heavy atom. The van der Waals surface area contributed by atoms with Gasteiger partial charge in [-0.25, -0.2) is 4.39 Å². The van der Waals surface area contributed by atoms with Crippen LogP contribution in [0, 0.1) is 12.7 Å². The molecule has 1 fully saturated rings. The average molecular weight is 511 g/mol. The van der Waals surface area contributed by atoms with Gasteiger partial charge in [0.2, 0.25) is 0 Å². The predicted octanol–water partition coefficient (Wildman–Crippen LogP) is 6.04. The Labute approximate surface area is 210 Å². The van der Waals surface area contributed by atoms with Gasteiger partial charge in [-0.2, -0.15) is 0 Å². The summed E-state index contributed by atoms with van der Waals surface area (Å²) in [6.45, 7) is 1.72. The highest BCUT2D eigenvalue weighted by molar-refractivity contribution is 8.18. The fraction of sp³-hybridized carbons (Fsp3) is 0.115. The van der Waals surface area contributed by atoms with Crippen molar-refractivity contribution in [1.82, 2.24) is 4.90 Å². The van der Waals surface area contributed by atoms with Crippen molar-refractivity contribution in [2.75, 3.05) is 11.9 Å². The molecule has 0 aliphatic carbocycles. The summed E-state index contributed by atoms with van der Waals surface area (Å²) in [7, 11) is 0. The maximum Gasteiger partial charge on any atom is 0.293 e. The Morgan fingerprint density at radius 2 is 1.89 bits per heavy atom. The van der Waals surface area contributed by atoms with Crippen LogP contribution in [0.15, 0.2) is 71.6 Å². The molecule has 1 N–H and O–H groups in total. The van der Waals surface area contributed by atoms with Crippen molar-refractivity contribution in [3.63, 3.8) is 0 Å². The number of benzene rings is 3. The lowest BCUT2D eigenvalue weighted by atomic mass is 10.2. The van der Waals surface area contributed by atoms with E-state index in [1.54, 1.807) is 30.3 Å². The van der Waals surface area contributed by atoms with Crippen LogP contribution in [0.2, 0.25) is 5.02 Å². The van der Waals surface area contributed by atoms with E-state index in [9.17, 15) is 18.8 Å². The molecule has 3 aromatic carbocycles. The highest BCUT2D eigenvalue weighted by Gasteiger charge is 2.35. The summed E-state index contributed by atoms with van der Waals surface area (Å²) in [6, 6.07) is 18.1. The van der Waals surface area contributed by atoms with Crippen LogP contribution >= 0.6 is 23.4 Å². The second-order valence-corrected chi connectivity index (χ2v) is 9.18. The first-order valence-electron chi connectivity index (χ1n) is 10.6. The van der Waals surface area contributed by atoms with Gasteiger partial charge < -0.3 is 10.1 Å². The molecule has 6 nitrogen and oxygen atoms in total. The number of anilines is 1. The van der Waals surface area contributed by atoms with Gasteiger partial charge in [-0.05, 0) is 72.3 Å². The minimum atomic E-state index is -0.498. The number of ether oxygens (including phenoxy) is 1.